The van der Waals surface area contributed by atoms with Crippen LogP contribution >= 0.6 is 34.8 Å². The molecule has 3 atom stereocenters. The van der Waals surface area contributed by atoms with Gasteiger partial charge in [0.15, 0.2) is 5.82 Å². The topological polar surface area (TPSA) is 81.6 Å². The second-order valence-corrected chi connectivity index (χ2v) is 13.3. The zero-order chi connectivity index (χ0) is 27.9. The van der Waals surface area contributed by atoms with E-state index in [0.29, 0.717) is 44.8 Å². The number of nitrogens with zero attached hydrogens (tertiary/aromatic N) is 4. The van der Waals surface area contributed by atoms with Crippen LogP contribution in [0.15, 0.2) is 18.2 Å². The summed E-state index contributed by atoms with van der Waals surface area (Å²) in [5.74, 6) is 1.17. The lowest BCUT2D eigenvalue weighted by Gasteiger charge is -2.54. The second-order valence-electron chi connectivity index (χ2n) is 12.0. The number of likely N-dealkylation sites (tertiary alicyclic amines) is 1. The summed E-state index contributed by atoms with van der Waals surface area (Å²) < 4.78 is 0. The molecule has 3 heterocycles. The van der Waals surface area contributed by atoms with Gasteiger partial charge in [-0.25, -0.2) is 4.98 Å². The molecule has 0 bridgehead atoms. The van der Waals surface area contributed by atoms with Crippen LogP contribution in [0.5, 0.6) is 0 Å². The number of aromatic nitrogens is 2. The standard InChI is InChI=1S/C29H38Cl3N5O2/c1-17(22-8-7-20(30)12-23(22)31)33-27-26(32)18(2)34-28(35-27)36-11-9-19(16-36)24-6-4-5-10-37(24)21-13-29(3,14-21)15-25(38)39/h7-8,12,17,19,21,24H,4-6,9-11,13-16H2,1-3H3,(H,38,39)(H,33,34,35)/t17-,19?,21-,24?,29+/m1/s1. The molecule has 2 saturated heterocycles. The number of anilines is 2. The fourth-order valence-corrected chi connectivity index (χ4v) is 7.67. The number of piperidine rings is 1. The molecule has 1 aromatic heterocycles. The molecule has 5 rings (SSSR count). The first-order chi connectivity index (χ1) is 18.5. The molecular weight excluding hydrogens is 557 g/mol. The van der Waals surface area contributed by atoms with Crippen molar-refractivity contribution >= 4 is 52.5 Å². The second kappa shape index (κ2) is 11.6. The van der Waals surface area contributed by atoms with Crippen molar-refractivity contribution in [2.45, 2.75) is 83.8 Å². The molecule has 2 aliphatic heterocycles. The van der Waals surface area contributed by atoms with Gasteiger partial charge < -0.3 is 15.3 Å². The average molecular weight is 595 g/mol. The molecule has 1 saturated carbocycles. The number of carbonyl (C=O) groups is 1. The Balaban J connectivity index is 1.27. The highest BCUT2D eigenvalue weighted by atomic mass is 35.5. The lowest BCUT2D eigenvalue weighted by molar-refractivity contribution is -0.143. The maximum absolute atomic E-state index is 11.3. The molecule has 1 aliphatic carbocycles. The monoisotopic (exact) mass is 593 g/mol. The Morgan fingerprint density at radius 3 is 2.67 bits per heavy atom. The third-order valence-electron chi connectivity index (χ3n) is 8.94. The number of aliphatic carboxylic acids is 1. The minimum absolute atomic E-state index is 0.0638. The number of hydrogen-bond donors (Lipinski definition) is 2. The summed E-state index contributed by atoms with van der Waals surface area (Å²) >= 11 is 19.2. The fraction of sp³-hybridized carbons (Fsp3) is 0.621. The summed E-state index contributed by atoms with van der Waals surface area (Å²) in [7, 11) is 0. The molecule has 2 aromatic rings. The number of benzene rings is 1. The smallest absolute Gasteiger partial charge is 0.303 e. The molecule has 3 aliphatic rings. The summed E-state index contributed by atoms with van der Waals surface area (Å²) in [6.07, 6.45) is 7.02. The van der Waals surface area contributed by atoms with Crippen LogP contribution in [0.4, 0.5) is 11.8 Å². The van der Waals surface area contributed by atoms with E-state index in [9.17, 15) is 9.90 Å². The van der Waals surface area contributed by atoms with Crippen molar-refractivity contribution in [2.75, 3.05) is 29.9 Å². The van der Waals surface area contributed by atoms with E-state index in [1.165, 1.54) is 19.3 Å². The Morgan fingerprint density at radius 2 is 1.95 bits per heavy atom. The van der Waals surface area contributed by atoms with Crippen molar-refractivity contribution in [1.82, 2.24) is 14.9 Å². The molecule has 7 nitrogen and oxygen atoms in total. The van der Waals surface area contributed by atoms with E-state index >= 15 is 0 Å². The quantitative estimate of drug-likeness (QED) is 0.333. The summed E-state index contributed by atoms with van der Waals surface area (Å²) in [6.45, 7) is 9.01. The Kier molecular flexibility index (Phi) is 8.54. The number of aryl methyl sites for hydroxylation is 1. The van der Waals surface area contributed by atoms with Gasteiger partial charge in [-0.1, -0.05) is 54.2 Å². The molecule has 0 spiro atoms. The van der Waals surface area contributed by atoms with Crippen LogP contribution in [0.2, 0.25) is 15.1 Å². The van der Waals surface area contributed by atoms with Crippen LogP contribution < -0.4 is 10.2 Å². The van der Waals surface area contributed by atoms with Crippen molar-refractivity contribution in [2.24, 2.45) is 11.3 Å². The highest BCUT2D eigenvalue weighted by molar-refractivity contribution is 6.35. The van der Waals surface area contributed by atoms with Gasteiger partial charge in [-0.05, 0) is 81.5 Å². The molecule has 2 N–H and O–H groups in total. The van der Waals surface area contributed by atoms with Gasteiger partial charge >= 0.3 is 5.97 Å². The Labute approximate surface area is 246 Å². The zero-order valence-corrected chi connectivity index (χ0v) is 25.2. The molecule has 212 valence electrons. The maximum Gasteiger partial charge on any atom is 0.303 e. The molecule has 0 amide bonds. The number of nitrogens with one attached hydrogen (secondary N) is 1. The zero-order valence-electron chi connectivity index (χ0n) is 22.9. The Bertz CT molecular complexity index is 1220. The maximum atomic E-state index is 11.3. The van der Waals surface area contributed by atoms with Crippen molar-refractivity contribution < 1.29 is 9.90 Å². The Morgan fingerprint density at radius 1 is 1.18 bits per heavy atom. The summed E-state index contributed by atoms with van der Waals surface area (Å²) in [5.41, 5.74) is 1.60. The summed E-state index contributed by atoms with van der Waals surface area (Å²) in [5, 5.41) is 14.4. The third kappa shape index (κ3) is 6.27. The van der Waals surface area contributed by atoms with Gasteiger partial charge in [-0.15, -0.1) is 0 Å². The van der Waals surface area contributed by atoms with Gasteiger partial charge in [0.2, 0.25) is 5.95 Å². The summed E-state index contributed by atoms with van der Waals surface area (Å²) in [6, 6.07) is 6.39. The largest absolute Gasteiger partial charge is 0.481 e. The van der Waals surface area contributed by atoms with E-state index in [0.717, 1.165) is 50.2 Å². The van der Waals surface area contributed by atoms with Gasteiger partial charge in [-0.2, -0.15) is 4.98 Å². The first-order valence-corrected chi connectivity index (χ1v) is 15.1. The molecule has 39 heavy (non-hydrogen) atoms. The first-order valence-electron chi connectivity index (χ1n) is 14.0. The number of rotatable bonds is 8. The van der Waals surface area contributed by atoms with E-state index in [1.54, 1.807) is 6.07 Å². The molecule has 10 heteroatoms. The number of carboxylic acid groups (broad SMARTS) is 1. The summed E-state index contributed by atoms with van der Waals surface area (Å²) in [4.78, 5) is 25.9. The van der Waals surface area contributed by atoms with Gasteiger partial charge in [0.05, 0.1) is 18.2 Å². The predicted octanol–water partition coefficient (Wildman–Crippen LogP) is 7.24. The van der Waals surface area contributed by atoms with Crippen molar-refractivity contribution in [3.63, 3.8) is 0 Å². The molecule has 2 unspecified atom stereocenters. The first kappa shape index (κ1) is 28.7. The lowest BCUT2D eigenvalue weighted by atomic mass is 9.63. The third-order valence-corrected chi connectivity index (χ3v) is 9.95. The van der Waals surface area contributed by atoms with Crippen molar-refractivity contribution in [1.29, 1.82) is 0 Å². The minimum atomic E-state index is -0.685. The number of hydrogen-bond acceptors (Lipinski definition) is 6. The van der Waals surface area contributed by atoms with E-state index in [4.69, 9.17) is 44.8 Å². The van der Waals surface area contributed by atoms with Crippen LogP contribution in [-0.2, 0) is 4.79 Å². The normalized spacial score (nSPS) is 28.3. The van der Waals surface area contributed by atoms with Crippen LogP contribution in [0, 0.1) is 18.3 Å². The minimum Gasteiger partial charge on any atom is -0.481 e. The van der Waals surface area contributed by atoms with Gasteiger partial charge in [0, 0.05) is 35.2 Å². The van der Waals surface area contributed by atoms with Crippen LogP contribution in [0.3, 0.4) is 0 Å². The van der Waals surface area contributed by atoms with Crippen LogP contribution in [0.25, 0.3) is 0 Å². The molecular formula is C29H38Cl3N5O2. The highest BCUT2D eigenvalue weighted by Gasteiger charge is 2.48. The van der Waals surface area contributed by atoms with E-state index < -0.39 is 5.97 Å². The van der Waals surface area contributed by atoms with Crippen molar-refractivity contribution in [3.8, 4) is 0 Å². The highest BCUT2D eigenvalue weighted by Crippen LogP contribution is 2.48. The van der Waals surface area contributed by atoms with Crippen LogP contribution in [0.1, 0.15) is 76.1 Å². The average Bonchev–Trinajstić information content (AvgIpc) is 3.35. The van der Waals surface area contributed by atoms with Crippen LogP contribution in [-0.4, -0.2) is 57.7 Å². The van der Waals surface area contributed by atoms with Crippen molar-refractivity contribution in [3.05, 3.63) is 44.5 Å². The predicted molar refractivity (Wildman–Crippen MR) is 158 cm³/mol. The molecule has 1 aromatic carbocycles. The number of carboxylic acids is 1. The van der Waals surface area contributed by atoms with Gasteiger partial charge in [0.1, 0.15) is 5.02 Å². The van der Waals surface area contributed by atoms with E-state index in [2.05, 4.69) is 22.0 Å². The number of halogens is 3. The lowest BCUT2D eigenvalue weighted by Crippen LogP contribution is -2.57. The SMILES string of the molecule is Cc1nc(N2CCC(C3CCCCN3[C@H]3C[C@@](C)(CC(=O)O)C3)C2)nc(N[C@H](C)c2ccc(Cl)cc2Cl)c1Cl. The van der Waals surface area contributed by atoms with E-state index in [-0.39, 0.29) is 17.9 Å². The fourth-order valence-electron chi connectivity index (χ4n) is 6.96. The Hall–Kier alpha value is -1.80. The van der Waals surface area contributed by atoms with E-state index in [1.807, 2.05) is 26.0 Å². The molecule has 0 radical (unpaired) electrons. The molecule has 3 fully saturated rings. The van der Waals surface area contributed by atoms with Gasteiger partial charge in [-0.3, -0.25) is 9.69 Å². The van der Waals surface area contributed by atoms with Gasteiger partial charge in [0.25, 0.3) is 0 Å².